The summed E-state index contributed by atoms with van der Waals surface area (Å²) in [6, 6.07) is 0. The van der Waals surface area contributed by atoms with E-state index in [2.05, 4.69) is 26.5 Å². The van der Waals surface area contributed by atoms with E-state index in [0.29, 0.717) is 11.8 Å². The van der Waals surface area contributed by atoms with Crippen LogP contribution >= 0.6 is 0 Å². The molecule has 2 heteroatoms. The third-order valence-corrected chi connectivity index (χ3v) is 6.84. The third kappa shape index (κ3) is 3.14. The zero-order chi connectivity index (χ0) is 17.3. The molecule has 130 valence electrons. The van der Waals surface area contributed by atoms with Crippen LogP contribution in [0.4, 0.5) is 0 Å². The van der Waals surface area contributed by atoms with E-state index in [1.165, 1.54) is 19.3 Å². The lowest BCUT2D eigenvalue weighted by Crippen LogP contribution is -2.53. The van der Waals surface area contributed by atoms with Crippen LogP contribution in [-0.2, 0) is 4.79 Å². The van der Waals surface area contributed by atoms with Crippen LogP contribution in [0.3, 0.4) is 0 Å². The van der Waals surface area contributed by atoms with Gasteiger partial charge < -0.3 is 5.11 Å². The summed E-state index contributed by atoms with van der Waals surface area (Å²) in [5.41, 5.74) is 1.37. The second-order valence-electron chi connectivity index (χ2n) is 8.43. The minimum atomic E-state index is -0.565. The van der Waals surface area contributed by atoms with Gasteiger partial charge in [0.2, 0.25) is 0 Å². The number of aliphatic carboxylic acids is 1. The molecule has 2 fully saturated rings. The highest BCUT2D eigenvalue weighted by atomic mass is 16.4. The molecular formula is C21H34O2. The van der Waals surface area contributed by atoms with E-state index in [1.807, 2.05) is 13.8 Å². The van der Waals surface area contributed by atoms with Gasteiger partial charge in [-0.25, -0.2) is 0 Å². The number of carboxylic acid groups (broad SMARTS) is 1. The smallest absolute Gasteiger partial charge is 0.309 e. The van der Waals surface area contributed by atoms with Gasteiger partial charge in [0.1, 0.15) is 0 Å². The van der Waals surface area contributed by atoms with Gasteiger partial charge in [0.15, 0.2) is 0 Å². The zero-order valence-corrected chi connectivity index (χ0v) is 15.4. The Balaban J connectivity index is 0.000000595. The van der Waals surface area contributed by atoms with Gasteiger partial charge in [-0.2, -0.15) is 0 Å². The van der Waals surface area contributed by atoms with E-state index in [9.17, 15) is 9.90 Å². The van der Waals surface area contributed by atoms with Crippen LogP contribution in [0.15, 0.2) is 24.3 Å². The van der Waals surface area contributed by atoms with Crippen LogP contribution in [0, 0.1) is 28.6 Å². The van der Waals surface area contributed by atoms with E-state index < -0.39 is 11.4 Å². The first-order valence-corrected chi connectivity index (χ1v) is 9.30. The van der Waals surface area contributed by atoms with Crippen molar-refractivity contribution in [3.63, 3.8) is 0 Å². The molecule has 0 heterocycles. The summed E-state index contributed by atoms with van der Waals surface area (Å²) in [6.07, 6.45) is 12.2. The van der Waals surface area contributed by atoms with Crippen molar-refractivity contribution in [3.8, 4) is 0 Å². The third-order valence-electron chi connectivity index (χ3n) is 6.84. The second kappa shape index (κ2) is 6.83. The van der Waals surface area contributed by atoms with E-state index in [-0.39, 0.29) is 5.41 Å². The highest BCUT2D eigenvalue weighted by molar-refractivity contribution is 5.75. The van der Waals surface area contributed by atoms with E-state index in [0.717, 1.165) is 31.6 Å². The van der Waals surface area contributed by atoms with Crippen molar-refractivity contribution in [1.29, 1.82) is 0 Å². The lowest BCUT2D eigenvalue weighted by molar-refractivity contribution is -0.164. The Morgan fingerprint density at radius 2 is 1.96 bits per heavy atom. The first-order chi connectivity index (χ1) is 10.8. The molecule has 0 amide bonds. The quantitative estimate of drug-likeness (QED) is 0.616. The van der Waals surface area contributed by atoms with E-state index >= 15 is 0 Å². The average molecular weight is 319 g/mol. The van der Waals surface area contributed by atoms with Crippen molar-refractivity contribution in [2.24, 2.45) is 28.6 Å². The van der Waals surface area contributed by atoms with Crippen LogP contribution < -0.4 is 0 Å². The molecule has 3 aliphatic carbocycles. The molecule has 0 aromatic carbocycles. The van der Waals surface area contributed by atoms with Crippen molar-refractivity contribution in [3.05, 3.63) is 24.3 Å². The number of carbonyl (C=O) groups is 1. The molecule has 1 N–H and O–H groups in total. The van der Waals surface area contributed by atoms with Crippen LogP contribution in [0.25, 0.3) is 0 Å². The van der Waals surface area contributed by atoms with Crippen LogP contribution in [-0.4, -0.2) is 11.1 Å². The molecule has 23 heavy (non-hydrogen) atoms. The molecule has 0 radical (unpaired) electrons. The van der Waals surface area contributed by atoms with Gasteiger partial charge in [0, 0.05) is 0 Å². The predicted molar refractivity (Wildman–Crippen MR) is 96.3 cm³/mol. The fourth-order valence-corrected chi connectivity index (χ4v) is 5.74. The summed E-state index contributed by atoms with van der Waals surface area (Å²) in [5, 5.41) is 9.77. The molecule has 0 aliphatic heterocycles. The van der Waals surface area contributed by atoms with E-state index in [4.69, 9.17) is 0 Å². The summed E-state index contributed by atoms with van der Waals surface area (Å²) in [6.45, 7) is 12.0. The molecule has 0 bridgehead atoms. The molecule has 0 aromatic heterocycles. The van der Waals surface area contributed by atoms with Gasteiger partial charge >= 0.3 is 5.97 Å². The van der Waals surface area contributed by atoms with Gasteiger partial charge in [0.05, 0.1) is 5.41 Å². The second-order valence-corrected chi connectivity index (χ2v) is 8.43. The van der Waals surface area contributed by atoms with Crippen molar-refractivity contribution in [2.75, 3.05) is 0 Å². The lowest BCUT2D eigenvalue weighted by Gasteiger charge is -2.58. The van der Waals surface area contributed by atoms with Gasteiger partial charge in [-0.05, 0) is 75.5 Å². The standard InChI is InChI=1S/C18H28O2.C3H6/c1-12-5-7-14-13(11-12)6-8-15-17(14,2)9-4-10-18(15,3)16(19)20;1-3-2/h11-12,14-15H,4-10H2,1-3H3,(H,19,20);3H,1H2,2H3/t12-,14+,15-,17-,18-;/m1./s1. The SMILES string of the molecule is C=CC.C[C@H]1C=C2CC[C@@H]3[C@](C)(CCC[C@@]3(C)C(=O)O)[C@H]2CC1. The van der Waals surface area contributed by atoms with Crippen molar-refractivity contribution >= 4 is 5.97 Å². The highest BCUT2D eigenvalue weighted by Gasteiger charge is 2.57. The van der Waals surface area contributed by atoms with Gasteiger partial charge in [-0.15, -0.1) is 6.58 Å². The number of hydrogen-bond acceptors (Lipinski definition) is 1. The molecule has 0 aromatic rings. The van der Waals surface area contributed by atoms with Crippen molar-refractivity contribution < 1.29 is 9.90 Å². The molecule has 2 nitrogen and oxygen atoms in total. The number of carboxylic acids is 1. The van der Waals surface area contributed by atoms with Crippen molar-refractivity contribution in [2.45, 2.75) is 72.6 Å². The van der Waals surface area contributed by atoms with Gasteiger partial charge in [0.25, 0.3) is 0 Å². The fourth-order valence-electron chi connectivity index (χ4n) is 5.74. The Morgan fingerprint density at radius 1 is 1.30 bits per heavy atom. The highest BCUT2D eigenvalue weighted by Crippen LogP contribution is 2.63. The van der Waals surface area contributed by atoms with Crippen molar-refractivity contribution in [1.82, 2.24) is 0 Å². The van der Waals surface area contributed by atoms with Gasteiger partial charge in [-0.1, -0.05) is 38.0 Å². The molecular weight excluding hydrogens is 284 g/mol. The summed E-state index contributed by atoms with van der Waals surface area (Å²) in [5.74, 6) is 1.16. The fraction of sp³-hybridized carbons (Fsp3) is 0.762. The molecule has 2 saturated carbocycles. The summed E-state index contributed by atoms with van der Waals surface area (Å²) in [4.78, 5) is 11.9. The monoisotopic (exact) mass is 318 g/mol. The molecule has 5 atom stereocenters. The minimum absolute atomic E-state index is 0.218. The first-order valence-electron chi connectivity index (χ1n) is 9.30. The number of allylic oxidation sites excluding steroid dienone is 3. The first kappa shape index (κ1) is 18.3. The Hall–Kier alpha value is -1.05. The van der Waals surface area contributed by atoms with E-state index in [1.54, 1.807) is 11.6 Å². The Morgan fingerprint density at radius 3 is 2.57 bits per heavy atom. The normalized spacial score (nSPS) is 42.3. The maximum absolute atomic E-state index is 11.9. The molecule has 0 unspecified atom stereocenters. The molecule has 3 aliphatic rings. The number of fused-ring (bicyclic) bond motifs is 3. The summed E-state index contributed by atoms with van der Waals surface area (Å²) >= 11 is 0. The Kier molecular flexibility index (Phi) is 5.43. The average Bonchev–Trinajstić information content (AvgIpc) is 2.47. The largest absolute Gasteiger partial charge is 0.481 e. The predicted octanol–water partition coefficient (Wildman–Crippen LogP) is 5.84. The summed E-state index contributed by atoms with van der Waals surface area (Å²) < 4.78 is 0. The van der Waals surface area contributed by atoms with Crippen LogP contribution in [0.2, 0.25) is 0 Å². The topological polar surface area (TPSA) is 37.3 Å². The molecule has 0 spiro atoms. The van der Waals surface area contributed by atoms with Gasteiger partial charge in [-0.3, -0.25) is 4.79 Å². The number of rotatable bonds is 1. The van der Waals surface area contributed by atoms with Crippen LogP contribution in [0.5, 0.6) is 0 Å². The zero-order valence-electron chi connectivity index (χ0n) is 15.4. The molecule has 0 saturated heterocycles. The maximum Gasteiger partial charge on any atom is 0.309 e. The number of hydrogen-bond donors (Lipinski definition) is 1. The van der Waals surface area contributed by atoms with Crippen LogP contribution in [0.1, 0.15) is 72.6 Å². The lowest BCUT2D eigenvalue weighted by atomic mass is 9.46. The maximum atomic E-state index is 11.9. The molecule has 3 rings (SSSR count). The minimum Gasteiger partial charge on any atom is -0.481 e. The Bertz CT molecular complexity index is 492. The summed E-state index contributed by atoms with van der Waals surface area (Å²) in [7, 11) is 0. The Labute approximate surface area is 142 Å².